The van der Waals surface area contributed by atoms with Crippen LogP contribution in [0.4, 0.5) is 0 Å². The van der Waals surface area contributed by atoms with Crippen LogP contribution in [0.2, 0.25) is 0 Å². The molecule has 0 aliphatic rings. The van der Waals surface area contributed by atoms with E-state index >= 15 is 0 Å². The molecular formula is C14H12ClNO2S. The maximum atomic E-state index is 5.64. The van der Waals surface area contributed by atoms with Crippen LogP contribution < -0.4 is 4.74 Å². The van der Waals surface area contributed by atoms with Gasteiger partial charge in [-0.1, -0.05) is 17.3 Å². The molecule has 0 N–H and O–H groups in total. The van der Waals surface area contributed by atoms with Crippen molar-refractivity contribution in [1.82, 2.24) is 5.16 Å². The van der Waals surface area contributed by atoms with E-state index in [2.05, 4.69) is 5.16 Å². The van der Waals surface area contributed by atoms with Crippen LogP contribution in [-0.2, 0) is 0 Å². The summed E-state index contributed by atoms with van der Waals surface area (Å²) in [5.41, 5.74) is 2.70. The van der Waals surface area contributed by atoms with E-state index in [0.717, 1.165) is 33.7 Å². The highest BCUT2D eigenvalue weighted by molar-refractivity contribution is 7.17. The van der Waals surface area contributed by atoms with Crippen molar-refractivity contribution in [1.29, 1.82) is 0 Å². The number of hydrogen-bond acceptors (Lipinski definition) is 4. The summed E-state index contributed by atoms with van der Waals surface area (Å²) in [7, 11) is 0. The average molecular weight is 294 g/mol. The van der Waals surface area contributed by atoms with Gasteiger partial charge < -0.3 is 9.26 Å². The SMILES string of the molecule is ClCCCOc1cccc(-c2noc3ccsc23)c1. The number of ether oxygens (including phenoxy) is 1. The van der Waals surface area contributed by atoms with Gasteiger partial charge in [0.15, 0.2) is 5.58 Å². The van der Waals surface area contributed by atoms with Crippen LogP contribution in [0, 0.1) is 0 Å². The first-order valence-corrected chi connectivity index (χ1v) is 7.42. The van der Waals surface area contributed by atoms with Gasteiger partial charge in [0.1, 0.15) is 16.1 Å². The number of alkyl halides is 1. The predicted molar refractivity (Wildman–Crippen MR) is 78.2 cm³/mol. The molecule has 0 atom stereocenters. The molecule has 2 aromatic heterocycles. The van der Waals surface area contributed by atoms with Crippen LogP contribution >= 0.6 is 22.9 Å². The average Bonchev–Trinajstić information content (AvgIpc) is 3.01. The first-order chi connectivity index (χ1) is 9.38. The van der Waals surface area contributed by atoms with Crippen LogP contribution in [0.3, 0.4) is 0 Å². The molecule has 3 aromatic rings. The van der Waals surface area contributed by atoms with Gasteiger partial charge in [0.05, 0.1) is 6.61 Å². The predicted octanol–water partition coefficient (Wildman–Crippen LogP) is 4.56. The van der Waals surface area contributed by atoms with Crippen LogP contribution in [0.15, 0.2) is 40.2 Å². The van der Waals surface area contributed by atoms with Crippen molar-refractivity contribution in [3.8, 4) is 17.0 Å². The first-order valence-electron chi connectivity index (χ1n) is 6.00. The second kappa shape index (κ2) is 5.63. The molecule has 19 heavy (non-hydrogen) atoms. The fraction of sp³-hybridized carbons (Fsp3) is 0.214. The fourth-order valence-electron chi connectivity index (χ4n) is 1.84. The molecule has 1 aromatic carbocycles. The lowest BCUT2D eigenvalue weighted by molar-refractivity contribution is 0.318. The van der Waals surface area contributed by atoms with Crippen molar-refractivity contribution in [3.05, 3.63) is 35.7 Å². The van der Waals surface area contributed by atoms with Crippen LogP contribution in [-0.4, -0.2) is 17.6 Å². The van der Waals surface area contributed by atoms with E-state index in [1.807, 2.05) is 35.7 Å². The summed E-state index contributed by atoms with van der Waals surface area (Å²) >= 11 is 7.26. The quantitative estimate of drug-likeness (QED) is 0.511. The molecule has 0 radical (unpaired) electrons. The highest BCUT2D eigenvalue weighted by Crippen LogP contribution is 2.33. The first kappa shape index (κ1) is 12.5. The smallest absolute Gasteiger partial charge is 0.178 e. The zero-order valence-electron chi connectivity index (χ0n) is 10.1. The molecule has 0 spiro atoms. The number of rotatable bonds is 5. The van der Waals surface area contributed by atoms with Gasteiger partial charge in [-0.2, -0.15) is 0 Å². The topological polar surface area (TPSA) is 35.3 Å². The Labute approximate surface area is 119 Å². The number of benzene rings is 1. The van der Waals surface area contributed by atoms with Gasteiger partial charge in [-0.25, -0.2) is 0 Å². The van der Waals surface area contributed by atoms with Crippen LogP contribution in [0.5, 0.6) is 5.75 Å². The van der Waals surface area contributed by atoms with Gasteiger partial charge in [-0.3, -0.25) is 0 Å². The standard InChI is InChI=1S/C14H12ClNO2S/c15-6-2-7-17-11-4-1-3-10(9-11)13-14-12(18-16-13)5-8-19-14/h1,3-5,8-9H,2,6-7H2. The Hall–Kier alpha value is -1.52. The van der Waals surface area contributed by atoms with Crippen molar-refractivity contribution in [2.45, 2.75) is 6.42 Å². The van der Waals surface area contributed by atoms with Gasteiger partial charge in [-0.05, 0) is 30.0 Å². The minimum atomic E-state index is 0.610. The normalized spacial score (nSPS) is 11.0. The number of fused-ring (bicyclic) bond motifs is 1. The lowest BCUT2D eigenvalue weighted by Gasteiger charge is -2.05. The third kappa shape index (κ3) is 2.60. The van der Waals surface area contributed by atoms with Gasteiger partial charge in [-0.15, -0.1) is 22.9 Å². The largest absolute Gasteiger partial charge is 0.494 e. The molecule has 5 heteroatoms. The molecule has 0 fully saturated rings. The Balaban J connectivity index is 1.89. The summed E-state index contributed by atoms with van der Waals surface area (Å²) < 4.78 is 12.0. The summed E-state index contributed by atoms with van der Waals surface area (Å²) in [6.07, 6.45) is 0.838. The molecule has 3 nitrogen and oxygen atoms in total. The molecular weight excluding hydrogens is 282 g/mol. The minimum absolute atomic E-state index is 0.610. The molecule has 0 unspecified atom stereocenters. The van der Waals surface area contributed by atoms with Crippen LogP contribution in [0.25, 0.3) is 21.5 Å². The molecule has 0 aliphatic carbocycles. The van der Waals surface area contributed by atoms with Crippen molar-refractivity contribution in [2.24, 2.45) is 0 Å². The Kier molecular flexibility index (Phi) is 3.71. The van der Waals surface area contributed by atoms with Gasteiger partial charge in [0.25, 0.3) is 0 Å². The zero-order valence-corrected chi connectivity index (χ0v) is 11.7. The summed E-state index contributed by atoms with van der Waals surface area (Å²) in [5, 5.41) is 6.12. The summed E-state index contributed by atoms with van der Waals surface area (Å²) in [6, 6.07) is 9.80. The van der Waals surface area contributed by atoms with E-state index in [-0.39, 0.29) is 0 Å². The van der Waals surface area contributed by atoms with Crippen LogP contribution in [0.1, 0.15) is 6.42 Å². The molecule has 2 heterocycles. The fourth-order valence-corrected chi connectivity index (χ4v) is 2.76. The second-order valence-corrected chi connectivity index (χ2v) is 5.36. The summed E-state index contributed by atoms with van der Waals surface area (Å²) in [6.45, 7) is 0.625. The Bertz CT molecular complexity index is 677. The molecule has 0 saturated carbocycles. The molecule has 0 saturated heterocycles. The Morgan fingerprint density at radius 1 is 1.32 bits per heavy atom. The Morgan fingerprint density at radius 3 is 3.16 bits per heavy atom. The maximum absolute atomic E-state index is 5.64. The monoisotopic (exact) mass is 293 g/mol. The van der Waals surface area contributed by atoms with Crippen molar-refractivity contribution < 1.29 is 9.26 Å². The maximum Gasteiger partial charge on any atom is 0.178 e. The number of nitrogens with zero attached hydrogens (tertiary/aromatic N) is 1. The highest BCUT2D eigenvalue weighted by atomic mass is 35.5. The summed E-state index contributed by atoms with van der Waals surface area (Å²) in [4.78, 5) is 0. The minimum Gasteiger partial charge on any atom is -0.494 e. The third-order valence-corrected chi connectivity index (χ3v) is 3.90. The zero-order chi connectivity index (χ0) is 13.1. The molecule has 98 valence electrons. The number of thiophene rings is 1. The van der Waals surface area contributed by atoms with E-state index in [4.69, 9.17) is 20.9 Å². The van der Waals surface area contributed by atoms with Gasteiger partial charge in [0.2, 0.25) is 0 Å². The van der Waals surface area contributed by atoms with E-state index in [1.54, 1.807) is 11.3 Å². The van der Waals surface area contributed by atoms with Crippen molar-refractivity contribution in [3.63, 3.8) is 0 Å². The second-order valence-electron chi connectivity index (χ2n) is 4.06. The molecule has 0 amide bonds. The van der Waals surface area contributed by atoms with Crippen molar-refractivity contribution >= 4 is 33.2 Å². The van der Waals surface area contributed by atoms with E-state index in [9.17, 15) is 0 Å². The van der Waals surface area contributed by atoms with E-state index in [0.29, 0.717) is 12.5 Å². The van der Waals surface area contributed by atoms with Crippen molar-refractivity contribution in [2.75, 3.05) is 12.5 Å². The number of hydrogen-bond donors (Lipinski definition) is 0. The number of aromatic nitrogens is 1. The van der Waals surface area contributed by atoms with E-state index in [1.165, 1.54) is 0 Å². The lowest BCUT2D eigenvalue weighted by Crippen LogP contribution is -1.97. The molecule has 0 aliphatic heterocycles. The molecule has 0 bridgehead atoms. The lowest BCUT2D eigenvalue weighted by atomic mass is 10.1. The van der Waals surface area contributed by atoms with E-state index < -0.39 is 0 Å². The summed E-state index contributed by atoms with van der Waals surface area (Å²) in [5.74, 6) is 1.44. The highest BCUT2D eigenvalue weighted by Gasteiger charge is 2.11. The molecule has 3 rings (SSSR count). The third-order valence-electron chi connectivity index (χ3n) is 2.73. The Morgan fingerprint density at radius 2 is 2.26 bits per heavy atom. The van der Waals surface area contributed by atoms with Gasteiger partial charge >= 0.3 is 0 Å². The van der Waals surface area contributed by atoms with Gasteiger partial charge in [0, 0.05) is 11.4 Å². The number of halogens is 1.